The van der Waals surface area contributed by atoms with Gasteiger partial charge in [0.05, 0.1) is 25.3 Å². The number of carbonyl (C=O) groups is 1. The van der Waals surface area contributed by atoms with Crippen molar-refractivity contribution in [3.63, 3.8) is 0 Å². The highest BCUT2D eigenvalue weighted by Gasteiger charge is 2.29. The summed E-state index contributed by atoms with van der Waals surface area (Å²) in [6.07, 6.45) is 0. The van der Waals surface area contributed by atoms with E-state index in [2.05, 4.69) is 10.2 Å². The van der Waals surface area contributed by atoms with Crippen molar-refractivity contribution in [2.45, 2.75) is 32.9 Å². The summed E-state index contributed by atoms with van der Waals surface area (Å²) in [6, 6.07) is 7.24. The van der Waals surface area contributed by atoms with Crippen LogP contribution >= 0.6 is 11.6 Å². The number of halogens is 1. The fourth-order valence-corrected chi connectivity index (χ4v) is 3.03. The monoisotopic (exact) mass is 353 g/mol. The summed E-state index contributed by atoms with van der Waals surface area (Å²) in [6.45, 7) is 9.38. The smallest absolute Gasteiger partial charge is 0.237 e. The Labute approximate surface area is 149 Å². The van der Waals surface area contributed by atoms with Crippen LogP contribution in [0, 0.1) is 5.41 Å². The molecular formula is C18H28ClN3O2. The fourth-order valence-electron chi connectivity index (χ4n) is 2.77. The second-order valence-corrected chi connectivity index (χ2v) is 7.68. The van der Waals surface area contributed by atoms with Crippen molar-refractivity contribution < 1.29 is 9.53 Å². The molecule has 0 aliphatic carbocycles. The minimum atomic E-state index is -0.547. The largest absolute Gasteiger partial charge is 0.379 e. The number of carbonyl (C=O) groups excluding carboxylic acids is 1. The molecule has 3 N–H and O–H groups in total. The van der Waals surface area contributed by atoms with E-state index in [1.165, 1.54) is 0 Å². The first-order chi connectivity index (χ1) is 11.3. The summed E-state index contributed by atoms with van der Waals surface area (Å²) in [5, 5.41) is 3.72. The number of nitrogens with two attached hydrogens (primary N) is 1. The number of amides is 1. The topological polar surface area (TPSA) is 67.6 Å². The van der Waals surface area contributed by atoms with Crippen LogP contribution < -0.4 is 11.1 Å². The number of hydrogen-bond donors (Lipinski definition) is 2. The fraction of sp³-hybridized carbons (Fsp3) is 0.611. The number of benzene rings is 1. The normalized spacial score (nSPS) is 18.9. The zero-order valence-corrected chi connectivity index (χ0v) is 15.5. The van der Waals surface area contributed by atoms with Crippen molar-refractivity contribution in [3.8, 4) is 0 Å². The quantitative estimate of drug-likeness (QED) is 0.851. The Kier molecular flexibility index (Phi) is 6.63. The lowest BCUT2D eigenvalue weighted by Gasteiger charge is -2.36. The molecule has 6 heteroatoms. The van der Waals surface area contributed by atoms with Crippen LogP contribution in [0.3, 0.4) is 0 Å². The molecule has 1 aromatic rings. The molecule has 0 aromatic heterocycles. The molecule has 1 heterocycles. The minimum Gasteiger partial charge on any atom is -0.379 e. The Morgan fingerprint density at radius 1 is 1.33 bits per heavy atom. The molecule has 1 aliphatic rings. The molecule has 2 rings (SSSR count). The van der Waals surface area contributed by atoms with Crippen LogP contribution in [0.25, 0.3) is 0 Å². The van der Waals surface area contributed by atoms with Gasteiger partial charge >= 0.3 is 0 Å². The van der Waals surface area contributed by atoms with Crippen molar-refractivity contribution in [1.29, 1.82) is 0 Å². The van der Waals surface area contributed by atoms with E-state index in [1.54, 1.807) is 0 Å². The number of ether oxygens (including phenoxy) is 1. The molecule has 24 heavy (non-hydrogen) atoms. The predicted molar refractivity (Wildman–Crippen MR) is 97.0 cm³/mol. The van der Waals surface area contributed by atoms with E-state index in [0.717, 1.165) is 18.7 Å². The Balaban J connectivity index is 2.12. The van der Waals surface area contributed by atoms with Crippen LogP contribution in [0.2, 0.25) is 5.02 Å². The highest BCUT2D eigenvalue weighted by Crippen LogP contribution is 2.28. The van der Waals surface area contributed by atoms with E-state index in [1.807, 2.05) is 45.0 Å². The van der Waals surface area contributed by atoms with E-state index >= 15 is 0 Å². The summed E-state index contributed by atoms with van der Waals surface area (Å²) >= 11 is 6.39. The first-order valence-corrected chi connectivity index (χ1v) is 8.78. The molecule has 1 unspecified atom stereocenters. The number of nitrogens with one attached hydrogen (secondary N) is 1. The zero-order chi connectivity index (χ0) is 17.7. The van der Waals surface area contributed by atoms with Crippen molar-refractivity contribution in [3.05, 3.63) is 34.9 Å². The molecular weight excluding hydrogens is 326 g/mol. The third-order valence-corrected chi connectivity index (χ3v) is 4.78. The van der Waals surface area contributed by atoms with Crippen molar-refractivity contribution >= 4 is 17.5 Å². The number of hydrogen-bond acceptors (Lipinski definition) is 4. The van der Waals surface area contributed by atoms with E-state index < -0.39 is 6.04 Å². The van der Waals surface area contributed by atoms with Crippen molar-refractivity contribution in [2.24, 2.45) is 11.1 Å². The highest BCUT2D eigenvalue weighted by atomic mass is 35.5. The van der Waals surface area contributed by atoms with Crippen LogP contribution in [-0.4, -0.2) is 49.7 Å². The molecule has 2 atom stereocenters. The lowest BCUT2D eigenvalue weighted by molar-refractivity contribution is -0.124. The molecule has 1 aliphatic heterocycles. The first-order valence-electron chi connectivity index (χ1n) is 8.40. The maximum Gasteiger partial charge on any atom is 0.237 e. The molecule has 5 nitrogen and oxygen atoms in total. The lowest BCUT2D eigenvalue weighted by Crippen LogP contribution is -2.51. The maximum atomic E-state index is 12.4. The second-order valence-electron chi connectivity index (χ2n) is 7.27. The number of rotatable bonds is 5. The standard InChI is InChI=1S/C18H28ClN3O2/c1-18(2,3)16(20)17(23)21-12-15(22-8-10-24-11-9-22)13-6-4-5-7-14(13)19/h4-7,15-16H,8-12,20H2,1-3H3,(H,21,23)/t15?,16-/m1/s1. The van der Waals surface area contributed by atoms with E-state index in [-0.39, 0.29) is 17.4 Å². The molecule has 134 valence electrons. The van der Waals surface area contributed by atoms with E-state index in [9.17, 15) is 4.79 Å². The van der Waals surface area contributed by atoms with Gasteiger partial charge in [-0.25, -0.2) is 0 Å². The van der Waals surface area contributed by atoms with Gasteiger partial charge in [-0.3, -0.25) is 9.69 Å². The predicted octanol–water partition coefficient (Wildman–Crippen LogP) is 2.20. The number of nitrogens with zero attached hydrogens (tertiary/aromatic N) is 1. The third-order valence-electron chi connectivity index (χ3n) is 4.44. The van der Waals surface area contributed by atoms with Gasteiger partial charge in [-0.2, -0.15) is 0 Å². The SMILES string of the molecule is CC(C)(C)[C@H](N)C(=O)NCC(c1ccccc1Cl)N1CCOCC1. The first kappa shape index (κ1) is 19.2. The van der Waals surface area contributed by atoms with Crippen molar-refractivity contribution in [1.82, 2.24) is 10.2 Å². The molecule has 1 saturated heterocycles. The zero-order valence-electron chi connectivity index (χ0n) is 14.7. The van der Waals surface area contributed by atoms with Gasteiger partial charge in [0.15, 0.2) is 0 Å². The maximum absolute atomic E-state index is 12.4. The van der Waals surface area contributed by atoms with Crippen molar-refractivity contribution in [2.75, 3.05) is 32.8 Å². The molecule has 1 fully saturated rings. The van der Waals surface area contributed by atoms with Gasteiger partial charge in [0.1, 0.15) is 0 Å². The molecule has 1 amide bonds. The lowest BCUT2D eigenvalue weighted by atomic mass is 9.87. The second kappa shape index (κ2) is 8.30. The van der Waals surface area contributed by atoms with Gasteiger partial charge in [-0.05, 0) is 17.0 Å². The van der Waals surface area contributed by atoms with Crippen LogP contribution in [0.5, 0.6) is 0 Å². The van der Waals surface area contributed by atoms with Crippen LogP contribution in [0.1, 0.15) is 32.4 Å². The van der Waals surface area contributed by atoms with Gasteiger partial charge in [0.2, 0.25) is 5.91 Å². The highest BCUT2D eigenvalue weighted by molar-refractivity contribution is 6.31. The Morgan fingerprint density at radius 2 is 1.96 bits per heavy atom. The van der Waals surface area contributed by atoms with Crippen LogP contribution in [0.4, 0.5) is 0 Å². The summed E-state index contributed by atoms with van der Waals surface area (Å²) < 4.78 is 5.44. The summed E-state index contributed by atoms with van der Waals surface area (Å²) in [5.74, 6) is -0.132. The van der Waals surface area contributed by atoms with Crippen LogP contribution in [-0.2, 0) is 9.53 Å². The summed E-state index contributed by atoms with van der Waals surface area (Å²) in [4.78, 5) is 14.7. The van der Waals surface area contributed by atoms with Crippen LogP contribution in [0.15, 0.2) is 24.3 Å². The molecule has 0 spiro atoms. The van der Waals surface area contributed by atoms with Gasteiger partial charge < -0.3 is 15.8 Å². The minimum absolute atomic E-state index is 0.0127. The number of morpholine rings is 1. The van der Waals surface area contributed by atoms with Gasteiger partial charge in [-0.1, -0.05) is 50.6 Å². The average Bonchev–Trinajstić information content (AvgIpc) is 2.55. The molecule has 0 saturated carbocycles. The van der Waals surface area contributed by atoms with Gasteiger partial charge in [0, 0.05) is 24.7 Å². The van der Waals surface area contributed by atoms with Gasteiger partial charge in [0.25, 0.3) is 0 Å². The van der Waals surface area contributed by atoms with Gasteiger partial charge in [-0.15, -0.1) is 0 Å². The third kappa shape index (κ3) is 4.93. The Bertz CT molecular complexity index is 553. The Morgan fingerprint density at radius 3 is 2.54 bits per heavy atom. The van der Waals surface area contributed by atoms with E-state index in [4.69, 9.17) is 22.1 Å². The molecule has 1 aromatic carbocycles. The molecule has 0 bridgehead atoms. The molecule has 0 radical (unpaired) electrons. The average molecular weight is 354 g/mol. The Hall–Kier alpha value is -1.14. The van der Waals surface area contributed by atoms with E-state index in [0.29, 0.717) is 24.8 Å². The summed E-state index contributed by atoms with van der Waals surface area (Å²) in [7, 11) is 0. The summed E-state index contributed by atoms with van der Waals surface area (Å²) in [5.41, 5.74) is 6.80.